The smallest absolute Gasteiger partial charge is 0.293 e. The number of aromatic nitrogens is 1. The van der Waals surface area contributed by atoms with Crippen molar-refractivity contribution < 1.29 is 9.59 Å². The number of thioether (sulfide) groups is 1. The van der Waals surface area contributed by atoms with E-state index in [0.717, 1.165) is 39.5 Å². The molecule has 2 amide bonds. The van der Waals surface area contributed by atoms with Gasteiger partial charge in [-0.15, -0.1) is 0 Å². The van der Waals surface area contributed by atoms with Crippen LogP contribution in [0, 0.1) is 13.8 Å². The monoisotopic (exact) mass is 438 g/mol. The van der Waals surface area contributed by atoms with Crippen LogP contribution in [0.1, 0.15) is 22.4 Å². The fraction of sp³-hybridized carbons (Fsp3) is 0.111. The topological polar surface area (TPSA) is 42.3 Å². The fourth-order valence-electron chi connectivity index (χ4n) is 4.10. The molecule has 0 atom stereocenters. The third-order valence-electron chi connectivity index (χ3n) is 5.98. The highest BCUT2D eigenvalue weighted by Crippen LogP contribution is 2.35. The number of hydrogen-bond donors (Lipinski definition) is 0. The Morgan fingerprint density at radius 2 is 1.66 bits per heavy atom. The molecule has 0 saturated carbocycles. The summed E-state index contributed by atoms with van der Waals surface area (Å²) in [6, 6.07) is 24.1. The Balaban J connectivity index is 1.46. The lowest BCUT2D eigenvalue weighted by Gasteiger charge is -2.14. The summed E-state index contributed by atoms with van der Waals surface area (Å²) in [5.41, 5.74) is 5.29. The van der Waals surface area contributed by atoms with E-state index >= 15 is 0 Å². The normalized spacial score (nSPS) is 15.3. The molecule has 4 nitrogen and oxygen atoms in total. The number of carbonyl (C=O) groups is 2. The van der Waals surface area contributed by atoms with Gasteiger partial charge in [-0.3, -0.25) is 14.5 Å². The van der Waals surface area contributed by atoms with Gasteiger partial charge in [-0.1, -0.05) is 54.6 Å². The number of hydrogen-bond acceptors (Lipinski definition) is 3. The van der Waals surface area contributed by atoms with Crippen LogP contribution < -0.4 is 0 Å². The average Bonchev–Trinajstić information content (AvgIpc) is 3.36. The van der Waals surface area contributed by atoms with Gasteiger partial charge in [-0.2, -0.15) is 0 Å². The van der Waals surface area contributed by atoms with E-state index < -0.39 is 0 Å². The molecule has 0 unspecified atom stereocenters. The average molecular weight is 439 g/mol. The molecule has 2 heterocycles. The summed E-state index contributed by atoms with van der Waals surface area (Å²) in [5.74, 6) is -0.248. The Labute approximate surface area is 191 Å². The van der Waals surface area contributed by atoms with Crippen molar-refractivity contribution in [3.8, 4) is 5.69 Å². The van der Waals surface area contributed by atoms with Gasteiger partial charge in [0.25, 0.3) is 11.1 Å². The number of nitrogens with zero attached hydrogens (tertiary/aromatic N) is 2. The molecule has 0 bridgehead atoms. The second kappa shape index (κ2) is 8.17. The van der Waals surface area contributed by atoms with Crippen LogP contribution in [0.5, 0.6) is 0 Å². The molecule has 1 aliphatic rings. The van der Waals surface area contributed by atoms with E-state index in [4.69, 9.17) is 0 Å². The van der Waals surface area contributed by atoms with Crippen molar-refractivity contribution in [3.05, 3.63) is 106 Å². The molecular formula is C27H22N2O2S. The molecule has 5 rings (SSSR count). The highest BCUT2D eigenvalue weighted by molar-refractivity contribution is 8.18. The van der Waals surface area contributed by atoms with E-state index in [2.05, 4.69) is 30.5 Å². The van der Waals surface area contributed by atoms with Crippen molar-refractivity contribution in [2.24, 2.45) is 0 Å². The summed E-state index contributed by atoms with van der Waals surface area (Å²) in [4.78, 5) is 27.7. The van der Waals surface area contributed by atoms with Crippen molar-refractivity contribution in [1.82, 2.24) is 9.47 Å². The van der Waals surface area contributed by atoms with Gasteiger partial charge in [0.2, 0.25) is 0 Å². The van der Waals surface area contributed by atoms with Gasteiger partial charge in [0.1, 0.15) is 0 Å². The Morgan fingerprint density at radius 1 is 0.875 bits per heavy atom. The Morgan fingerprint density at radius 3 is 2.53 bits per heavy atom. The third kappa shape index (κ3) is 3.55. The number of benzene rings is 3. The van der Waals surface area contributed by atoms with Crippen molar-refractivity contribution >= 4 is 39.8 Å². The Bertz CT molecular complexity index is 1390. The number of carbonyl (C=O) groups excluding carboxylic acids is 2. The number of rotatable bonds is 4. The predicted molar refractivity (Wildman–Crippen MR) is 131 cm³/mol. The van der Waals surface area contributed by atoms with Crippen molar-refractivity contribution in [2.75, 3.05) is 0 Å². The van der Waals surface area contributed by atoms with Gasteiger partial charge in [0.05, 0.1) is 11.4 Å². The van der Waals surface area contributed by atoms with Crippen LogP contribution in [0.2, 0.25) is 0 Å². The summed E-state index contributed by atoms with van der Waals surface area (Å²) in [6.07, 6.45) is 3.80. The lowest BCUT2D eigenvalue weighted by Crippen LogP contribution is -2.27. The number of imide groups is 1. The van der Waals surface area contributed by atoms with Crippen LogP contribution in [0.3, 0.4) is 0 Å². The lowest BCUT2D eigenvalue weighted by atomic mass is 10.0. The zero-order valence-electron chi connectivity index (χ0n) is 17.9. The summed E-state index contributed by atoms with van der Waals surface area (Å²) in [7, 11) is 0. The highest BCUT2D eigenvalue weighted by atomic mass is 32.2. The molecule has 1 saturated heterocycles. The quantitative estimate of drug-likeness (QED) is 0.342. The van der Waals surface area contributed by atoms with Crippen molar-refractivity contribution in [2.45, 2.75) is 20.4 Å². The van der Waals surface area contributed by atoms with Crippen LogP contribution in [0.4, 0.5) is 4.79 Å². The van der Waals surface area contributed by atoms with E-state index in [1.165, 1.54) is 16.0 Å². The molecule has 0 N–H and O–H groups in total. The lowest BCUT2D eigenvalue weighted by molar-refractivity contribution is -0.123. The maximum Gasteiger partial charge on any atom is 0.293 e. The van der Waals surface area contributed by atoms with Gasteiger partial charge in [-0.25, -0.2) is 0 Å². The van der Waals surface area contributed by atoms with Crippen LogP contribution in [0.15, 0.2) is 83.9 Å². The summed E-state index contributed by atoms with van der Waals surface area (Å²) < 4.78 is 2.06. The van der Waals surface area contributed by atoms with E-state index in [-0.39, 0.29) is 17.7 Å². The Kier molecular flexibility index (Phi) is 5.19. The first kappa shape index (κ1) is 20.3. The van der Waals surface area contributed by atoms with Crippen LogP contribution >= 0.6 is 11.8 Å². The summed E-state index contributed by atoms with van der Waals surface area (Å²) in [5, 5.41) is 1.92. The highest BCUT2D eigenvalue weighted by Gasteiger charge is 2.35. The molecule has 32 heavy (non-hydrogen) atoms. The molecule has 1 aromatic heterocycles. The van der Waals surface area contributed by atoms with E-state index in [9.17, 15) is 9.59 Å². The maximum atomic E-state index is 13.2. The minimum Gasteiger partial charge on any atom is -0.317 e. The molecule has 1 fully saturated rings. The van der Waals surface area contributed by atoms with E-state index in [1.807, 2.05) is 72.9 Å². The largest absolute Gasteiger partial charge is 0.317 e. The van der Waals surface area contributed by atoms with Crippen LogP contribution in [-0.4, -0.2) is 20.6 Å². The third-order valence-corrected chi connectivity index (χ3v) is 6.88. The fourth-order valence-corrected chi connectivity index (χ4v) is 4.92. The molecular weight excluding hydrogens is 416 g/mol. The first-order valence-corrected chi connectivity index (χ1v) is 11.3. The second-order valence-electron chi connectivity index (χ2n) is 7.93. The SMILES string of the molecule is Cc1cccc(-n2cccc2/C=C2/SC(=O)N(Cc3cccc4ccccc34)C2=O)c1C. The van der Waals surface area contributed by atoms with Crippen molar-refractivity contribution in [3.63, 3.8) is 0 Å². The minimum absolute atomic E-state index is 0.237. The van der Waals surface area contributed by atoms with Gasteiger partial charge in [0.15, 0.2) is 0 Å². The van der Waals surface area contributed by atoms with Gasteiger partial charge < -0.3 is 4.57 Å². The number of aryl methyl sites for hydroxylation is 1. The first-order chi connectivity index (χ1) is 15.5. The zero-order valence-corrected chi connectivity index (χ0v) is 18.7. The number of amides is 2. The van der Waals surface area contributed by atoms with E-state index in [0.29, 0.717) is 4.91 Å². The molecule has 5 heteroatoms. The van der Waals surface area contributed by atoms with Crippen molar-refractivity contribution in [1.29, 1.82) is 0 Å². The molecule has 3 aromatic carbocycles. The van der Waals surface area contributed by atoms with Gasteiger partial charge in [0, 0.05) is 17.6 Å². The number of fused-ring (bicyclic) bond motifs is 1. The molecule has 0 aliphatic carbocycles. The summed E-state index contributed by atoms with van der Waals surface area (Å²) in [6.45, 7) is 4.44. The molecule has 1 aliphatic heterocycles. The van der Waals surface area contributed by atoms with E-state index in [1.54, 1.807) is 0 Å². The first-order valence-electron chi connectivity index (χ1n) is 10.5. The standard InChI is InChI=1S/C27H22N2O2S/c1-18-8-5-14-24(19(18)2)28-15-7-12-22(28)16-25-26(30)29(27(31)32-25)17-21-11-6-10-20-9-3-4-13-23(20)21/h3-16H,17H2,1-2H3/b25-16+. The zero-order chi connectivity index (χ0) is 22.2. The van der Waals surface area contributed by atoms with Gasteiger partial charge in [-0.05, 0) is 77.3 Å². The predicted octanol–water partition coefficient (Wildman–Crippen LogP) is 6.48. The molecule has 158 valence electrons. The Hall–Kier alpha value is -3.57. The minimum atomic E-state index is -0.248. The maximum absolute atomic E-state index is 13.2. The molecule has 0 spiro atoms. The van der Waals surface area contributed by atoms with Crippen LogP contribution in [0.25, 0.3) is 22.5 Å². The second-order valence-corrected chi connectivity index (χ2v) is 8.92. The van der Waals surface area contributed by atoms with Gasteiger partial charge >= 0.3 is 0 Å². The molecule has 0 radical (unpaired) electrons. The molecule has 4 aromatic rings. The summed E-state index contributed by atoms with van der Waals surface area (Å²) >= 11 is 1.00. The van der Waals surface area contributed by atoms with Crippen LogP contribution in [-0.2, 0) is 11.3 Å².